The molecule has 3 aliphatic heterocycles. The van der Waals surface area contributed by atoms with Crippen LogP contribution in [-0.4, -0.2) is 82.8 Å². The molecule has 3 unspecified atom stereocenters. The van der Waals surface area contributed by atoms with Crippen LogP contribution in [0.25, 0.3) is 32.1 Å². The maximum absolute atomic E-state index is 17.3. The van der Waals surface area contributed by atoms with E-state index in [2.05, 4.69) is 9.97 Å². The van der Waals surface area contributed by atoms with E-state index in [9.17, 15) is 14.4 Å². The molecule has 6 heterocycles. The Morgan fingerprint density at radius 1 is 1.18 bits per heavy atom. The second-order valence-electron chi connectivity index (χ2n) is 14.0. The van der Waals surface area contributed by atoms with Crippen LogP contribution in [0.1, 0.15) is 53.4 Å². The summed E-state index contributed by atoms with van der Waals surface area (Å²) in [4.78, 5) is 28.1. The zero-order chi connectivity index (χ0) is 39.0. The molecule has 5 aromatic rings. The second kappa shape index (κ2) is 14.0. The van der Waals surface area contributed by atoms with Crippen LogP contribution in [0.3, 0.4) is 0 Å². The van der Waals surface area contributed by atoms with Crippen LogP contribution in [0.5, 0.6) is 6.01 Å². The van der Waals surface area contributed by atoms with E-state index in [-0.39, 0.29) is 82.0 Å². The van der Waals surface area contributed by atoms with Gasteiger partial charge >= 0.3 is 12.2 Å². The fourth-order valence-electron chi connectivity index (χ4n) is 8.46. The van der Waals surface area contributed by atoms with Gasteiger partial charge in [-0.1, -0.05) is 17.7 Å². The highest BCUT2D eigenvalue weighted by atomic mass is 35.5. The lowest BCUT2D eigenvalue weighted by atomic mass is 9.92. The minimum Gasteiger partial charge on any atom is -0.461 e. The van der Waals surface area contributed by atoms with Crippen molar-refractivity contribution in [3.05, 3.63) is 62.3 Å². The summed E-state index contributed by atoms with van der Waals surface area (Å²) in [5.41, 5.74) is 1.83. The smallest absolute Gasteiger partial charge is 0.417 e. The van der Waals surface area contributed by atoms with Gasteiger partial charge in [-0.05, 0) is 62.6 Å². The van der Waals surface area contributed by atoms with Crippen molar-refractivity contribution in [2.45, 2.75) is 56.5 Å². The molecule has 288 valence electrons. The molecule has 2 aromatic carbocycles. The summed E-state index contributed by atoms with van der Waals surface area (Å²) in [5.74, 6) is -2.52. The fraction of sp³-hybridized carbons (Fsp3) is 0.405. The highest BCUT2D eigenvalue weighted by Crippen LogP contribution is 2.48. The number of nitriles is 1. The zero-order valence-electron chi connectivity index (χ0n) is 29.2. The second-order valence-corrected chi connectivity index (χ2v) is 16.8. The van der Waals surface area contributed by atoms with Crippen LogP contribution in [-0.2, 0) is 6.18 Å². The van der Waals surface area contributed by atoms with Gasteiger partial charge < -0.3 is 20.3 Å². The quantitative estimate of drug-likeness (QED) is 0.155. The Morgan fingerprint density at radius 2 is 1.98 bits per heavy atom. The van der Waals surface area contributed by atoms with Gasteiger partial charge in [0.1, 0.15) is 41.0 Å². The lowest BCUT2D eigenvalue weighted by molar-refractivity contribution is -0.137. The molecule has 3 saturated heterocycles. The summed E-state index contributed by atoms with van der Waals surface area (Å²) >= 11 is 7.88. The first-order valence-corrected chi connectivity index (χ1v) is 19.6. The third-order valence-electron chi connectivity index (χ3n) is 10.9. The van der Waals surface area contributed by atoms with Crippen LogP contribution in [0.4, 0.5) is 37.2 Å². The highest BCUT2D eigenvalue weighted by molar-refractivity contribution is 7.23. The third kappa shape index (κ3) is 6.40. The number of fused-ring (bicyclic) bond motifs is 3. The first-order chi connectivity index (χ1) is 26.2. The standard InChI is InChI=1S/C37H32ClF6N7O2S2/c1-2-51(19-8-11-49(16-19)34(52)25-6-7-26(38)54-25)33-21-12-23(37(42,43)44)28(20-4-5-24(40)31-27(20)22(14-45)32(46)55-31)29(41)30(21)47-35(48-33)53-17-36-9-3-10-50(36)15-18(39)13-36/h4-7,12,18-19H,2-3,8-11,13,15-17,46H2,1H3. The van der Waals surface area contributed by atoms with Crippen molar-refractivity contribution in [1.29, 1.82) is 5.26 Å². The number of carbonyl (C=O) groups is 1. The van der Waals surface area contributed by atoms with Gasteiger partial charge in [0, 0.05) is 55.0 Å². The van der Waals surface area contributed by atoms with Crippen molar-refractivity contribution in [2.75, 3.05) is 50.0 Å². The van der Waals surface area contributed by atoms with E-state index in [1.54, 1.807) is 28.9 Å². The van der Waals surface area contributed by atoms with Crippen molar-refractivity contribution in [2.24, 2.45) is 0 Å². The van der Waals surface area contributed by atoms with Crippen LogP contribution in [0.15, 0.2) is 30.3 Å². The number of hydrogen-bond acceptors (Lipinski definition) is 10. The average Bonchev–Trinajstić information content (AvgIpc) is 3.97. The lowest BCUT2D eigenvalue weighted by Crippen LogP contribution is -2.43. The molecule has 9 nitrogen and oxygen atoms in total. The maximum Gasteiger partial charge on any atom is 0.417 e. The number of hydrogen-bond donors (Lipinski definition) is 1. The van der Waals surface area contributed by atoms with Gasteiger partial charge in [-0.3, -0.25) is 9.69 Å². The molecule has 0 spiro atoms. The minimum absolute atomic E-state index is 0.0347. The number of amides is 1. The van der Waals surface area contributed by atoms with Crippen molar-refractivity contribution < 1.29 is 35.9 Å². The largest absolute Gasteiger partial charge is 0.461 e. The summed E-state index contributed by atoms with van der Waals surface area (Å²) in [5, 5.41) is 9.24. The molecule has 55 heavy (non-hydrogen) atoms. The monoisotopic (exact) mass is 819 g/mol. The van der Waals surface area contributed by atoms with Crippen LogP contribution in [0.2, 0.25) is 4.34 Å². The highest BCUT2D eigenvalue weighted by Gasteiger charge is 2.49. The first kappa shape index (κ1) is 37.5. The minimum atomic E-state index is -5.14. The Balaban J connectivity index is 1.30. The van der Waals surface area contributed by atoms with Gasteiger partial charge in [-0.2, -0.15) is 28.4 Å². The van der Waals surface area contributed by atoms with E-state index in [0.717, 1.165) is 36.0 Å². The number of ether oxygens (including phenoxy) is 1. The van der Waals surface area contributed by atoms with Gasteiger partial charge in [0.25, 0.3) is 5.91 Å². The van der Waals surface area contributed by atoms with E-state index in [0.29, 0.717) is 46.5 Å². The molecule has 8 rings (SSSR count). The number of nitrogens with zero attached hydrogens (tertiary/aromatic N) is 6. The van der Waals surface area contributed by atoms with Crippen LogP contribution in [0, 0.1) is 23.0 Å². The number of nitrogens with two attached hydrogens (primary N) is 1. The molecular formula is C37H32ClF6N7O2S2. The van der Waals surface area contributed by atoms with Crippen LogP contribution < -0.4 is 15.4 Å². The average molecular weight is 820 g/mol. The van der Waals surface area contributed by atoms with E-state index in [4.69, 9.17) is 22.1 Å². The molecule has 0 aliphatic carbocycles. The van der Waals surface area contributed by atoms with Gasteiger partial charge in [-0.15, -0.1) is 22.7 Å². The number of alkyl halides is 4. The summed E-state index contributed by atoms with van der Waals surface area (Å²) in [6, 6.07) is 6.97. The number of rotatable bonds is 8. The molecular weight excluding hydrogens is 788 g/mol. The Kier molecular flexibility index (Phi) is 9.54. The molecule has 0 bridgehead atoms. The normalized spacial score (nSPS) is 21.5. The number of likely N-dealkylation sites (N-methyl/N-ethyl adjacent to an activating group) is 1. The predicted molar refractivity (Wildman–Crippen MR) is 200 cm³/mol. The maximum atomic E-state index is 17.3. The topological polar surface area (TPSA) is 112 Å². The van der Waals surface area contributed by atoms with Gasteiger partial charge in [-0.25, -0.2) is 13.2 Å². The number of likely N-dealkylation sites (tertiary alicyclic amines) is 1. The Labute approximate surface area is 323 Å². The number of nitrogen functional groups attached to an aromatic ring is 1. The number of anilines is 2. The summed E-state index contributed by atoms with van der Waals surface area (Å²) in [6.45, 7) is 3.38. The number of halogens is 7. The van der Waals surface area contributed by atoms with E-state index in [1.165, 1.54) is 0 Å². The molecule has 18 heteroatoms. The fourth-order valence-corrected chi connectivity index (χ4v) is 10.4. The van der Waals surface area contributed by atoms with Crippen molar-refractivity contribution >= 4 is 72.0 Å². The van der Waals surface area contributed by atoms with E-state index in [1.807, 2.05) is 11.0 Å². The summed E-state index contributed by atoms with van der Waals surface area (Å²) in [7, 11) is 0. The molecule has 1 amide bonds. The van der Waals surface area contributed by atoms with E-state index < -0.39 is 52.2 Å². The van der Waals surface area contributed by atoms with Crippen molar-refractivity contribution in [3.63, 3.8) is 0 Å². The number of thiophene rings is 2. The summed E-state index contributed by atoms with van der Waals surface area (Å²) < 4.78 is 98.8. The van der Waals surface area contributed by atoms with Crippen molar-refractivity contribution in [3.8, 4) is 23.2 Å². The van der Waals surface area contributed by atoms with Crippen molar-refractivity contribution in [1.82, 2.24) is 19.8 Å². The molecule has 3 atom stereocenters. The van der Waals surface area contributed by atoms with Crippen LogP contribution >= 0.6 is 34.3 Å². The van der Waals surface area contributed by atoms with Gasteiger partial charge in [0.05, 0.1) is 30.6 Å². The Hall–Kier alpha value is -4.37. The molecule has 3 fully saturated rings. The number of aromatic nitrogens is 2. The molecule has 0 radical (unpaired) electrons. The Morgan fingerprint density at radius 3 is 2.69 bits per heavy atom. The van der Waals surface area contributed by atoms with Gasteiger partial charge in [0.2, 0.25) is 0 Å². The molecule has 0 saturated carbocycles. The number of benzene rings is 2. The Bertz CT molecular complexity index is 2400. The SMILES string of the molecule is CCN(c1nc(OCC23CCCN2CC(F)C3)nc2c(F)c(-c3ccc(F)c4sc(N)c(C#N)c34)c(C(F)(F)F)cc12)C1CCN(C(=O)c2ccc(Cl)s2)C1. The summed E-state index contributed by atoms with van der Waals surface area (Å²) in [6.07, 6.45) is -4.10. The van der Waals surface area contributed by atoms with E-state index >= 15 is 22.0 Å². The number of carbonyl (C=O) groups excluding carboxylic acids is 1. The molecule has 2 N–H and O–H groups in total. The first-order valence-electron chi connectivity index (χ1n) is 17.6. The van der Waals surface area contributed by atoms with Gasteiger partial charge in [0.15, 0.2) is 5.82 Å². The zero-order valence-corrected chi connectivity index (χ0v) is 31.5. The predicted octanol–water partition coefficient (Wildman–Crippen LogP) is 8.67. The lowest BCUT2D eigenvalue weighted by Gasteiger charge is -2.32. The molecule has 3 aromatic heterocycles. The molecule has 3 aliphatic rings. The third-order valence-corrected chi connectivity index (χ3v) is 13.2.